The molecule has 188 valence electrons. The van der Waals surface area contributed by atoms with Crippen molar-refractivity contribution >= 4 is 23.4 Å². The number of nitrogens with zero attached hydrogens (tertiary/aromatic N) is 4. The molecular weight excluding hydrogens is 488 g/mol. The Bertz CT molecular complexity index is 1720. The molecule has 2 aromatic carbocycles. The first kappa shape index (κ1) is 23.4. The summed E-state index contributed by atoms with van der Waals surface area (Å²) in [6.07, 6.45) is 1.88. The van der Waals surface area contributed by atoms with Gasteiger partial charge in [-0.1, -0.05) is 47.7 Å². The number of carbonyl (C=O) groups is 1. The largest absolute Gasteiger partial charge is 0.466 e. The van der Waals surface area contributed by atoms with Gasteiger partial charge >= 0.3 is 5.97 Å². The highest BCUT2D eigenvalue weighted by molar-refractivity contribution is 7.07. The van der Waals surface area contributed by atoms with Crippen molar-refractivity contribution in [3.05, 3.63) is 96.8 Å². The van der Waals surface area contributed by atoms with Gasteiger partial charge in [0, 0.05) is 16.8 Å². The van der Waals surface area contributed by atoms with E-state index in [2.05, 4.69) is 0 Å². The van der Waals surface area contributed by atoms with Gasteiger partial charge in [-0.3, -0.25) is 14.2 Å². The number of para-hydroxylation sites is 2. The minimum atomic E-state index is -1.19. The molecule has 4 heterocycles. The Labute approximate surface area is 217 Å². The molecule has 0 saturated heterocycles. The molecule has 2 bridgehead atoms. The third kappa shape index (κ3) is 3.56. The van der Waals surface area contributed by atoms with E-state index >= 15 is 0 Å². The van der Waals surface area contributed by atoms with Crippen LogP contribution in [0.3, 0.4) is 0 Å². The van der Waals surface area contributed by atoms with E-state index < -0.39 is 23.7 Å². The van der Waals surface area contributed by atoms with Gasteiger partial charge < -0.3 is 9.47 Å². The van der Waals surface area contributed by atoms with Crippen LogP contribution in [0.4, 0.5) is 0 Å². The van der Waals surface area contributed by atoms with E-state index in [-0.39, 0.29) is 12.2 Å². The molecule has 2 aliphatic heterocycles. The minimum absolute atomic E-state index is 0.201. The van der Waals surface area contributed by atoms with Gasteiger partial charge in [-0.05, 0) is 52.0 Å². The van der Waals surface area contributed by atoms with Crippen LogP contribution < -0.4 is 19.6 Å². The third-order valence-corrected chi connectivity index (χ3v) is 8.03. The lowest BCUT2D eigenvalue weighted by molar-refractivity contribution is -0.160. The van der Waals surface area contributed by atoms with Crippen molar-refractivity contribution in [2.45, 2.75) is 39.5 Å². The lowest BCUT2D eigenvalue weighted by Crippen LogP contribution is -2.58. The lowest BCUT2D eigenvalue weighted by Gasteiger charge is -2.44. The van der Waals surface area contributed by atoms with Crippen molar-refractivity contribution in [1.29, 1.82) is 0 Å². The van der Waals surface area contributed by atoms with E-state index in [1.54, 1.807) is 18.4 Å². The first-order valence-electron chi connectivity index (χ1n) is 12.2. The fourth-order valence-electron chi connectivity index (χ4n) is 5.35. The Morgan fingerprint density at radius 3 is 2.65 bits per heavy atom. The molecule has 0 N–H and O–H groups in total. The Morgan fingerprint density at radius 2 is 1.89 bits per heavy atom. The van der Waals surface area contributed by atoms with E-state index in [1.807, 2.05) is 79.2 Å². The van der Waals surface area contributed by atoms with Crippen molar-refractivity contribution < 1.29 is 14.3 Å². The number of aromatic nitrogens is 3. The van der Waals surface area contributed by atoms with E-state index in [9.17, 15) is 9.59 Å². The summed E-state index contributed by atoms with van der Waals surface area (Å²) in [7, 11) is 0. The molecule has 0 aliphatic carbocycles. The zero-order valence-corrected chi connectivity index (χ0v) is 21.8. The van der Waals surface area contributed by atoms with Gasteiger partial charge in [0.2, 0.25) is 5.72 Å². The van der Waals surface area contributed by atoms with Gasteiger partial charge in [0.25, 0.3) is 5.56 Å². The first-order chi connectivity index (χ1) is 17.8. The Morgan fingerprint density at radius 1 is 1.16 bits per heavy atom. The molecule has 0 fully saturated rings. The van der Waals surface area contributed by atoms with Crippen molar-refractivity contribution in [3.63, 3.8) is 0 Å². The molecule has 0 spiro atoms. The molecule has 2 aliphatic rings. The van der Waals surface area contributed by atoms with Crippen LogP contribution in [0.1, 0.15) is 42.4 Å². The summed E-state index contributed by atoms with van der Waals surface area (Å²) in [4.78, 5) is 32.4. The zero-order valence-electron chi connectivity index (χ0n) is 21.0. The Hall–Kier alpha value is -3.98. The quantitative estimate of drug-likeness (QED) is 0.391. The zero-order chi connectivity index (χ0) is 25.9. The Balaban J connectivity index is 1.56. The summed E-state index contributed by atoms with van der Waals surface area (Å²) in [5.41, 5.74) is 2.96. The van der Waals surface area contributed by atoms with Crippen LogP contribution in [0.2, 0.25) is 0 Å². The molecule has 3 atom stereocenters. The number of esters is 1. The summed E-state index contributed by atoms with van der Waals surface area (Å²) < 4.78 is 15.7. The average Bonchev–Trinajstić information content (AvgIpc) is 3.33. The van der Waals surface area contributed by atoms with Crippen molar-refractivity contribution in [1.82, 2.24) is 14.3 Å². The monoisotopic (exact) mass is 514 g/mol. The molecular formula is C28H26N4O4S. The van der Waals surface area contributed by atoms with Crippen LogP contribution in [-0.2, 0) is 9.53 Å². The maximum Gasteiger partial charge on any atom is 0.317 e. The maximum absolute atomic E-state index is 13.9. The molecule has 0 saturated carbocycles. The number of fused-ring (bicyclic) bond motifs is 6. The molecule has 0 unspecified atom stereocenters. The number of hydrogen-bond donors (Lipinski definition) is 0. The number of thiazole rings is 1. The number of aryl methyl sites for hydroxylation is 1. The summed E-state index contributed by atoms with van der Waals surface area (Å²) in [6.45, 7) is 7.70. The number of carbonyl (C=O) groups excluding carboxylic acids is 1. The highest BCUT2D eigenvalue weighted by Gasteiger charge is 2.55. The molecule has 37 heavy (non-hydrogen) atoms. The van der Waals surface area contributed by atoms with Crippen LogP contribution in [0.5, 0.6) is 5.75 Å². The lowest BCUT2D eigenvalue weighted by atomic mass is 9.81. The molecule has 0 radical (unpaired) electrons. The molecule has 0 amide bonds. The summed E-state index contributed by atoms with van der Waals surface area (Å²) in [6, 6.07) is 16.8. The minimum Gasteiger partial charge on any atom is -0.466 e. The standard InChI is InChI=1S/C28H26N4O4S/c1-5-35-26(34)23-24-19-13-9-10-14-21(19)36-28(23,4)29-27-31(24)25(33)22(37-27)15-20-16(2)30-32(17(20)3)18-11-7-6-8-12-18/h6-15,23-24H,5H2,1-4H3/b22-15+/t23-,24+,28+/m0/s1. The van der Waals surface area contributed by atoms with E-state index in [0.717, 1.165) is 28.2 Å². The second kappa shape index (κ2) is 8.55. The van der Waals surface area contributed by atoms with Gasteiger partial charge in [-0.15, -0.1) is 0 Å². The fraction of sp³-hybridized carbons (Fsp3) is 0.286. The predicted octanol–water partition coefficient (Wildman–Crippen LogP) is 3.05. The van der Waals surface area contributed by atoms with Crippen LogP contribution in [0, 0.1) is 19.8 Å². The molecule has 8 nitrogen and oxygen atoms in total. The van der Waals surface area contributed by atoms with Crippen LogP contribution in [-0.4, -0.2) is 32.6 Å². The smallest absolute Gasteiger partial charge is 0.317 e. The normalized spacial score (nSPS) is 22.0. The molecule has 4 aromatic rings. The van der Waals surface area contributed by atoms with Gasteiger partial charge in [-0.2, -0.15) is 5.10 Å². The van der Waals surface area contributed by atoms with Gasteiger partial charge in [-0.25, -0.2) is 9.67 Å². The van der Waals surface area contributed by atoms with Crippen LogP contribution >= 0.6 is 11.3 Å². The predicted molar refractivity (Wildman–Crippen MR) is 140 cm³/mol. The molecule has 6 rings (SSSR count). The number of ether oxygens (including phenoxy) is 2. The number of rotatable bonds is 4. The maximum atomic E-state index is 13.9. The van der Waals surface area contributed by atoms with E-state index in [0.29, 0.717) is 15.1 Å². The van der Waals surface area contributed by atoms with Crippen molar-refractivity contribution in [2.75, 3.05) is 6.61 Å². The Kier molecular flexibility index (Phi) is 5.41. The second-order valence-electron chi connectivity index (χ2n) is 9.38. The highest BCUT2D eigenvalue weighted by atomic mass is 32.1. The van der Waals surface area contributed by atoms with Crippen molar-refractivity contribution in [3.8, 4) is 11.4 Å². The van der Waals surface area contributed by atoms with Gasteiger partial charge in [0.1, 0.15) is 11.7 Å². The van der Waals surface area contributed by atoms with E-state index in [4.69, 9.17) is 19.6 Å². The number of benzene rings is 2. The highest BCUT2D eigenvalue weighted by Crippen LogP contribution is 2.47. The first-order valence-corrected chi connectivity index (χ1v) is 13.0. The second-order valence-corrected chi connectivity index (χ2v) is 10.4. The van der Waals surface area contributed by atoms with Gasteiger partial charge in [0.05, 0.1) is 28.6 Å². The number of hydrogen-bond acceptors (Lipinski definition) is 7. The van der Waals surface area contributed by atoms with E-state index in [1.165, 1.54) is 11.3 Å². The summed E-state index contributed by atoms with van der Waals surface area (Å²) in [5, 5.41) is 4.71. The SMILES string of the molecule is CCOC(=O)[C@@H]1[C@H]2c3ccccc3O[C@@]1(C)N=c1s/c(=C/c3c(C)nn(-c4ccccc4)c3C)c(=O)n12. The van der Waals surface area contributed by atoms with Crippen molar-refractivity contribution in [2.24, 2.45) is 10.9 Å². The molecule has 2 aromatic heterocycles. The van der Waals surface area contributed by atoms with Crippen LogP contribution in [0.25, 0.3) is 11.8 Å². The van der Waals surface area contributed by atoms with Crippen LogP contribution in [0.15, 0.2) is 64.4 Å². The molecule has 9 heteroatoms. The summed E-state index contributed by atoms with van der Waals surface area (Å²) in [5.74, 6) is -0.609. The topological polar surface area (TPSA) is 87.7 Å². The van der Waals surface area contributed by atoms with Gasteiger partial charge in [0.15, 0.2) is 4.80 Å². The average molecular weight is 515 g/mol. The fourth-order valence-corrected chi connectivity index (χ4v) is 6.43. The third-order valence-electron chi connectivity index (χ3n) is 7.04. The summed E-state index contributed by atoms with van der Waals surface area (Å²) >= 11 is 1.30.